The fourth-order valence-corrected chi connectivity index (χ4v) is 5.11. The highest BCUT2D eigenvalue weighted by atomic mass is 127. The van der Waals surface area contributed by atoms with Crippen LogP contribution < -0.4 is 13.5 Å². The monoisotopic (exact) mass is 684 g/mol. The van der Waals surface area contributed by atoms with Gasteiger partial charge in [0.15, 0.2) is 0 Å². The van der Waals surface area contributed by atoms with Gasteiger partial charge in [-0.05, 0) is 40.4 Å². The van der Waals surface area contributed by atoms with Crippen molar-refractivity contribution in [3.63, 3.8) is 0 Å². The number of hydrogen-bond donors (Lipinski definition) is 2. The van der Waals surface area contributed by atoms with E-state index in [9.17, 15) is 24.3 Å². The van der Waals surface area contributed by atoms with E-state index in [0.717, 1.165) is 5.56 Å². The maximum Gasteiger partial charge on any atom is 0.326 e. The van der Waals surface area contributed by atoms with Crippen molar-refractivity contribution in [1.29, 1.82) is 0 Å². The molecule has 1 amide bonds. The number of amides is 1. The summed E-state index contributed by atoms with van der Waals surface area (Å²) in [5.41, 5.74) is 2.45. The molecule has 9 nitrogen and oxygen atoms in total. The van der Waals surface area contributed by atoms with E-state index in [4.69, 9.17) is 0 Å². The zero-order valence-electron chi connectivity index (χ0n) is 19.7. The van der Waals surface area contributed by atoms with Gasteiger partial charge in [-0.2, -0.15) is 0 Å². The molecule has 0 unspecified atom stereocenters. The van der Waals surface area contributed by atoms with E-state index in [1.165, 1.54) is 6.07 Å². The van der Waals surface area contributed by atoms with Gasteiger partial charge in [0.05, 0.1) is 27.9 Å². The van der Waals surface area contributed by atoms with Crippen molar-refractivity contribution >= 4 is 62.0 Å². The van der Waals surface area contributed by atoms with Crippen LogP contribution in [0.4, 0.5) is 15.8 Å². The Morgan fingerprint density at radius 2 is 1.97 bits per heavy atom. The zero-order chi connectivity index (χ0) is 26.5. The Labute approximate surface area is 235 Å². The van der Waals surface area contributed by atoms with Crippen LogP contribution in [0, 0.1) is 16.9 Å². The maximum absolute atomic E-state index is 14.0. The lowest BCUT2D eigenvalue weighted by atomic mass is 9.94. The molecule has 4 rings (SSSR count). The molecule has 2 heterocycles. The smallest absolute Gasteiger partial charge is 0.326 e. The first-order valence-electron chi connectivity index (χ1n) is 11.7. The van der Waals surface area contributed by atoms with E-state index < -0.39 is 17.8 Å². The number of benzene rings is 2. The predicted molar refractivity (Wildman–Crippen MR) is 150 cm³/mol. The lowest BCUT2D eigenvalue weighted by Crippen LogP contribution is -2.47. The summed E-state index contributed by atoms with van der Waals surface area (Å²) in [4.78, 5) is 31.1. The van der Waals surface area contributed by atoms with E-state index in [1.54, 1.807) is 41.5 Å². The summed E-state index contributed by atoms with van der Waals surface area (Å²) < 4.78 is 16.7. The summed E-state index contributed by atoms with van der Waals surface area (Å²) in [6, 6.07) is 11.5. The van der Waals surface area contributed by atoms with E-state index in [1.807, 2.05) is 39.8 Å². The van der Waals surface area contributed by atoms with Crippen LogP contribution in [0.25, 0.3) is 0 Å². The lowest BCUT2D eigenvalue weighted by Gasteiger charge is -2.36. The molecule has 1 saturated heterocycles. The molecule has 0 radical (unpaired) electrons. The number of nitrogens with one attached hydrogen (secondary N) is 1. The Balaban J connectivity index is 1.35. The van der Waals surface area contributed by atoms with E-state index >= 15 is 0 Å². The van der Waals surface area contributed by atoms with Gasteiger partial charge in [-0.1, -0.05) is 30.3 Å². The third-order valence-corrected chi connectivity index (χ3v) is 7.46. The Bertz CT molecular complexity index is 1250. The molecule has 2 N–H and O–H groups in total. The molecule has 2 aromatic carbocycles. The molecule has 1 atom stereocenters. The summed E-state index contributed by atoms with van der Waals surface area (Å²) >= 11 is 4.72. The van der Waals surface area contributed by atoms with Gasteiger partial charge in [0.25, 0.3) is 0 Å². The Morgan fingerprint density at radius 1 is 1.27 bits per heavy atom. The Kier molecular flexibility index (Phi) is 9.03. The normalized spacial score (nSPS) is 14.9. The molecule has 3 aromatic rings. The summed E-state index contributed by atoms with van der Waals surface area (Å²) in [5.74, 6) is -2.35. The number of aromatic nitrogens is 2. The van der Waals surface area contributed by atoms with Gasteiger partial charge in [-0.15, -0.1) is 0 Å². The fraction of sp³-hybridized carbons (Fsp3) is 0.320. The quantitative estimate of drug-likeness (QED) is 0.194. The van der Waals surface area contributed by atoms with Crippen LogP contribution >= 0.6 is 38.8 Å². The SMILES string of the molecule is O=C(N[C@@H](Cc1cn(Cc2ccccc2)cn1)C(=O)O)C1CCN(c2cc(Br)c(F)cc2N([O-])I)CC1. The lowest BCUT2D eigenvalue weighted by molar-refractivity contribution is -0.142. The summed E-state index contributed by atoms with van der Waals surface area (Å²) in [6.45, 7) is 1.55. The number of nitrogens with zero attached hydrogens (tertiary/aromatic N) is 4. The van der Waals surface area contributed by atoms with E-state index in [-0.39, 0.29) is 28.4 Å². The second kappa shape index (κ2) is 12.2. The van der Waals surface area contributed by atoms with Crippen LogP contribution in [-0.2, 0) is 22.6 Å². The van der Waals surface area contributed by atoms with Crippen molar-refractivity contribution in [2.45, 2.75) is 31.8 Å². The highest BCUT2D eigenvalue weighted by Gasteiger charge is 2.30. The van der Waals surface area contributed by atoms with Crippen molar-refractivity contribution in [3.05, 3.63) is 81.7 Å². The second-order valence-corrected chi connectivity index (χ2v) is 10.6. The van der Waals surface area contributed by atoms with Gasteiger partial charge >= 0.3 is 5.97 Å². The minimum Gasteiger partial charge on any atom is -0.749 e. The van der Waals surface area contributed by atoms with Crippen molar-refractivity contribution in [2.24, 2.45) is 5.92 Å². The molecule has 1 fully saturated rings. The van der Waals surface area contributed by atoms with Crippen LogP contribution in [0.3, 0.4) is 0 Å². The Morgan fingerprint density at radius 3 is 2.62 bits per heavy atom. The molecular formula is C25H25BrFIN5O4-. The number of piperidine rings is 1. The molecule has 0 aliphatic carbocycles. The van der Waals surface area contributed by atoms with Crippen LogP contribution in [0.15, 0.2) is 59.5 Å². The van der Waals surface area contributed by atoms with Crippen LogP contribution in [-0.4, -0.2) is 45.7 Å². The average molecular weight is 685 g/mol. The minimum absolute atomic E-state index is 0.0731. The number of carbonyl (C=O) groups excluding carboxylic acids is 1. The first-order valence-corrected chi connectivity index (χ1v) is 13.4. The number of anilines is 2. The van der Waals surface area contributed by atoms with E-state index in [0.29, 0.717) is 47.1 Å². The number of hydrogen-bond acceptors (Lipinski definition) is 6. The minimum atomic E-state index is -1.12. The van der Waals surface area contributed by atoms with Crippen molar-refractivity contribution in [3.8, 4) is 0 Å². The molecule has 12 heteroatoms. The second-order valence-electron chi connectivity index (χ2n) is 8.89. The summed E-state index contributed by atoms with van der Waals surface area (Å²) in [5, 5.41) is 24.3. The summed E-state index contributed by atoms with van der Waals surface area (Å²) in [7, 11) is 0. The average Bonchev–Trinajstić information content (AvgIpc) is 3.32. The van der Waals surface area contributed by atoms with Crippen LogP contribution in [0.5, 0.6) is 0 Å². The molecule has 37 heavy (non-hydrogen) atoms. The highest BCUT2D eigenvalue weighted by Crippen LogP contribution is 2.37. The van der Waals surface area contributed by atoms with Gasteiger partial charge in [-0.3, -0.25) is 4.79 Å². The number of imidazole rings is 1. The third-order valence-electron chi connectivity index (χ3n) is 6.34. The molecule has 196 valence electrons. The van der Waals surface area contributed by atoms with Crippen LogP contribution in [0.1, 0.15) is 24.1 Å². The number of rotatable bonds is 9. The predicted octanol–water partition coefficient (Wildman–Crippen LogP) is 4.52. The topological polar surface area (TPSA) is 114 Å². The molecule has 1 aliphatic rings. The number of halogens is 3. The first kappa shape index (κ1) is 27.3. The highest BCUT2D eigenvalue weighted by molar-refractivity contribution is 14.1. The number of carboxylic acid groups (broad SMARTS) is 1. The van der Waals surface area contributed by atoms with Gasteiger partial charge in [0, 0.05) is 67.1 Å². The van der Waals surface area contributed by atoms with Gasteiger partial charge in [-0.25, -0.2) is 14.2 Å². The molecule has 0 bridgehead atoms. The third kappa shape index (κ3) is 6.99. The van der Waals surface area contributed by atoms with Crippen LogP contribution in [0.2, 0.25) is 0 Å². The van der Waals surface area contributed by atoms with Crippen molar-refractivity contribution in [2.75, 3.05) is 21.3 Å². The molecule has 1 aliphatic heterocycles. The molecule has 0 saturated carbocycles. The maximum atomic E-state index is 14.0. The number of carboxylic acids is 1. The molecular weight excluding hydrogens is 660 g/mol. The van der Waals surface area contributed by atoms with Crippen molar-refractivity contribution in [1.82, 2.24) is 14.9 Å². The van der Waals surface area contributed by atoms with Gasteiger partial charge in [0.2, 0.25) is 5.91 Å². The van der Waals surface area contributed by atoms with Gasteiger partial charge in [0.1, 0.15) is 11.9 Å². The number of aliphatic carboxylic acids is 1. The fourth-order valence-electron chi connectivity index (χ4n) is 4.39. The van der Waals surface area contributed by atoms with Crippen molar-refractivity contribution < 1.29 is 19.1 Å². The van der Waals surface area contributed by atoms with Gasteiger partial charge < -0.3 is 28.4 Å². The van der Waals surface area contributed by atoms with E-state index in [2.05, 4.69) is 26.2 Å². The standard InChI is InChI=1S/C25H25BrFIN5O4/c26-19-11-22(23(33(28)37)12-20(19)27)32-8-6-17(7-9-32)24(34)30-21(25(35)36)10-18-14-31(15-29-18)13-16-4-2-1-3-5-16/h1-5,11-12,14-15,17,21H,6-10,13H2,(H,30,34)(H,35,36)/q-1/t21-/m0/s1. The molecule has 1 aromatic heterocycles. The first-order chi connectivity index (χ1) is 17.7. The number of carbonyl (C=O) groups is 2. The Hall–Kier alpha value is -2.71. The summed E-state index contributed by atoms with van der Waals surface area (Å²) in [6.07, 6.45) is 4.46. The molecule has 0 spiro atoms. The largest absolute Gasteiger partial charge is 0.749 e. The zero-order valence-corrected chi connectivity index (χ0v) is 23.4.